The van der Waals surface area contributed by atoms with Gasteiger partial charge in [0.1, 0.15) is 5.82 Å². The molecule has 1 aromatic carbocycles. The van der Waals surface area contributed by atoms with Gasteiger partial charge >= 0.3 is 0 Å². The maximum absolute atomic E-state index is 12.9. The van der Waals surface area contributed by atoms with E-state index in [1.165, 1.54) is 23.9 Å². The molecule has 1 aromatic heterocycles. The molecular weight excluding hydrogens is 287 g/mol. The molecule has 5 heteroatoms. The van der Waals surface area contributed by atoms with Crippen LogP contribution in [0.2, 0.25) is 0 Å². The maximum atomic E-state index is 12.9. The molecule has 21 heavy (non-hydrogen) atoms. The largest absolute Gasteiger partial charge is 0.271 e. The lowest BCUT2D eigenvalue weighted by atomic mass is 10.1. The van der Waals surface area contributed by atoms with E-state index in [1.807, 2.05) is 18.2 Å². The second-order valence-electron chi connectivity index (χ2n) is 4.78. The first-order valence-electron chi connectivity index (χ1n) is 6.63. The molecule has 1 amide bonds. The van der Waals surface area contributed by atoms with Gasteiger partial charge in [-0.15, -0.1) is 0 Å². The number of nitrogens with zero attached hydrogens (tertiary/aromatic N) is 2. The Morgan fingerprint density at radius 1 is 1.14 bits per heavy atom. The highest BCUT2D eigenvalue weighted by Crippen LogP contribution is 2.27. The molecule has 1 atom stereocenters. The summed E-state index contributed by atoms with van der Waals surface area (Å²) >= 11 is 1.48. The number of carbonyl (C=O) groups is 1. The first kappa shape index (κ1) is 13.9. The molecule has 2 aromatic rings. The molecule has 0 saturated carbocycles. The molecule has 1 unspecified atom stereocenters. The van der Waals surface area contributed by atoms with Crippen molar-refractivity contribution in [1.29, 1.82) is 0 Å². The van der Waals surface area contributed by atoms with Crippen LogP contribution in [0.1, 0.15) is 11.3 Å². The molecule has 1 aliphatic heterocycles. The van der Waals surface area contributed by atoms with Crippen LogP contribution >= 0.6 is 11.8 Å². The number of amides is 1. The van der Waals surface area contributed by atoms with Crippen LogP contribution in [-0.2, 0) is 17.6 Å². The predicted octanol–water partition coefficient (Wildman–Crippen LogP) is 3.05. The summed E-state index contributed by atoms with van der Waals surface area (Å²) in [6.45, 7) is 0. The van der Waals surface area contributed by atoms with Gasteiger partial charge in [0, 0.05) is 18.3 Å². The fraction of sp³-hybridized carbons (Fsp3) is 0.188. The molecule has 0 radical (unpaired) electrons. The Labute approximate surface area is 126 Å². The molecule has 0 spiro atoms. The number of pyridine rings is 1. The first-order valence-corrected chi connectivity index (χ1v) is 7.51. The van der Waals surface area contributed by atoms with Gasteiger partial charge in [-0.3, -0.25) is 9.78 Å². The van der Waals surface area contributed by atoms with Gasteiger partial charge in [-0.2, -0.15) is 0 Å². The van der Waals surface area contributed by atoms with Crippen LogP contribution in [0.4, 0.5) is 4.39 Å². The van der Waals surface area contributed by atoms with E-state index < -0.39 is 0 Å². The molecule has 106 valence electrons. The van der Waals surface area contributed by atoms with Gasteiger partial charge in [0.2, 0.25) is 0 Å². The molecule has 2 heterocycles. The van der Waals surface area contributed by atoms with Gasteiger partial charge in [0.05, 0.1) is 10.3 Å². The molecular formula is C16H13FN2OS. The molecule has 0 saturated heterocycles. The summed E-state index contributed by atoms with van der Waals surface area (Å²) < 4.78 is 12.9. The highest BCUT2D eigenvalue weighted by atomic mass is 32.2. The molecule has 1 aliphatic rings. The third kappa shape index (κ3) is 3.55. The smallest absolute Gasteiger partial charge is 0.260 e. The summed E-state index contributed by atoms with van der Waals surface area (Å²) in [4.78, 5) is 20.3. The van der Waals surface area contributed by atoms with Crippen LogP contribution < -0.4 is 0 Å². The number of benzene rings is 1. The molecule has 3 rings (SSSR count). The highest BCUT2D eigenvalue weighted by molar-refractivity contribution is 8.15. The van der Waals surface area contributed by atoms with Gasteiger partial charge in [-0.05, 0) is 36.2 Å². The van der Waals surface area contributed by atoms with Crippen molar-refractivity contribution in [1.82, 2.24) is 4.98 Å². The summed E-state index contributed by atoms with van der Waals surface area (Å²) in [5, 5.41) is 0.583. The Morgan fingerprint density at radius 2 is 1.95 bits per heavy atom. The second kappa shape index (κ2) is 6.18. The topological polar surface area (TPSA) is 42.3 Å². The van der Waals surface area contributed by atoms with Crippen molar-refractivity contribution < 1.29 is 9.18 Å². The van der Waals surface area contributed by atoms with E-state index in [9.17, 15) is 9.18 Å². The predicted molar refractivity (Wildman–Crippen MR) is 81.9 cm³/mol. The van der Waals surface area contributed by atoms with Crippen molar-refractivity contribution in [2.45, 2.75) is 18.1 Å². The number of hydrogen-bond acceptors (Lipinski definition) is 3. The van der Waals surface area contributed by atoms with Crippen molar-refractivity contribution >= 4 is 22.7 Å². The van der Waals surface area contributed by atoms with E-state index >= 15 is 0 Å². The van der Waals surface area contributed by atoms with Crippen molar-refractivity contribution in [3.05, 3.63) is 65.7 Å². The third-order valence-corrected chi connectivity index (χ3v) is 4.34. The third-order valence-electron chi connectivity index (χ3n) is 3.18. The van der Waals surface area contributed by atoms with Crippen molar-refractivity contribution in [3.8, 4) is 0 Å². The maximum Gasteiger partial charge on any atom is 0.260 e. The zero-order chi connectivity index (χ0) is 14.7. The van der Waals surface area contributed by atoms with Crippen LogP contribution in [0.3, 0.4) is 0 Å². The van der Waals surface area contributed by atoms with E-state index in [4.69, 9.17) is 0 Å². The fourth-order valence-electron chi connectivity index (χ4n) is 2.14. The average Bonchev–Trinajstić information content (AvgIpc) is 2.82. The average molecular weight is 300 g/mol. The van der Waals surface area contributed by atoms with Crippen LogP contribution in [0.15, 0.2) is 53.7 Å². The lowest BCUT2D eigenvalue weighted by Crippen LogP contribution is -2.13. The standard InChI is InChI=1S/C16H13FN2OS/c17-12-6-4-11(5-7-12)9-14-16(20)19-15(21-14)10-13-3-1-2-8-18-13/h1-8,14H,9-10H2. The van der Waals surface area contributed by atoms with E-state index in [-0.39, 0.29) is 17.0 Å². The number of halogens is 1. The highest BCUT2D eigenvalue weighted by Gasteiger charge is 2.28. The number of carbonyl (C=O) groups excluding carboxylic acids is 1. The Bertz CT molecular complexity index is 670. The van der Waals surface area contributed by atoms with Crippen molar-refractivity contribution in [2.75, 3.05) is 0 Å². The van der Waals surface area contributed by atoms with Gasteiger partial charge < -0.3 is 0 Å². The van der Waals surface area contributed by atoms with Gasteiger partial charge in [0.25, 0.3) is 5.91 Å². The number of aromatic nitrogens is 1. The van der Waals surface area contributed by atoms with Crippen LogP contribution in [0.25, 0.3) is 0 Å². The number of thioether (sulfide) groups is 1. The van der Waals surface area contributed by atoms with E-state index in [0.717, 1.165) is 16.3 Å². The Balaban J connectivity index is 1.63. The minimum Gasteiger partial charge on any atom is -0.271 e. The van der Waals surface area contributed by atoms with Crippen molar-refractivity contribution in [3.63, 3.8) is 0 Å². The van der Waals surface area contributed by atoms with E-state index in [2.05, 4.69) is 9.98 Å². The van der Waals surface area contributed by atoms with Crippen LogP contribution in [-0.4, -0.2) is 21.2 Å². The Kier molecular flexibility index (Phi) is 4.10. The second-order valence-corrected chi connectivity index (χ2v) is 6.05. The number of rotatable bonds is 4. The first-order chi connectivity index (χ1) is 10.2. The quantitative estimate of drug-likeness (QED) is 0.871. The summed E-state index contributed by atoms with van der Waals surface area (Å²) in [5.74, 6) is -0.383. The molecule has 3 nitrogen and oxygen atoms in total. The summed E-state index contributed by atoms with van der Waals surface area (Å²) in [5.41, 5.74) is 1.84. The van der Waals surface area contributed by atoms with E-state index in [1.54, 1.807) is 18.3 Å². The minimum absolute atomic E-state index is 0.116. The summed E-state index contributed by atoms with van der Waals surface area (Å²) in [7, 11) is 0. The fourth-order valence-corrected chi connectivity index (χ4v) is 3.27. The van der Waals surface area contributed by atoms with Crippen LogP contribution in [0, 0.1) is 5.82 Å². The van der Waals surface area contributed by atoms with Crippen LogP contribution in [0.5, 0.6) is 0 Å². The van der Waals surface area contributed by atoms with Gasteiger partial charge in [-0.1, -0.05) is 30.0 Å². The van der Waals surface area contributed by atoms with Crippen molar-refractivity contribution in [2.24, 2.45) is 4.99 Å². The molecule has 0 fully saturated rings. The Hall–Kier alpha value is -2.01. The van der Waals surface area contributed by atoms with Gasteiger partial charge in [-0.25, -0.2) is 9.38 Å². The zero-order valence-electron chi connectivity index (χ0n) is 11.2. The minimum atomic E-state index is -0.267. The normalized spacial score (nSPS) is 17.9. The van der Waals surface area contributed by atoms with Gasteiger partial charge in [0.15, 0.2) is 0 Å². The number of hydrogen-bond donors (Lipinski definition) is 0. The summed E-state index contributed by atoms with van der Waals surface area (Å²) in [6.07, 6.45) is 2.88. The van der Waals surface area contributed by atoms with E-state index in [0.29, 0.717) is 12.8 Å². The lowest BCUT2D eigenvalue weighted by molar-refractivity contribution is -0.117. The SMILES string of the molecule is O=C1N=C(Cc2ccccn2)SC1Cc1ccc(F)cc1. The summed E-state index contributed by atoms with van der Waals surface area (Å²) in [6, 6.07) is 11.9. The number of aliphatic imine (C=N–C) groups is 1. The monoisotopic (exact) mass is 300 g/mol. The lowest BCUT2D eigenvalue weighted by Gasteiger charge is -2.07. The molecule has 0 N–H and O–H groups in total. The molecule has 0 aliphatic carbocycles. The molecule has 0 bridgehead atoms. The Morgan fingerprint density at radius 3 is 2.67 bits per heavy atom. The zero-order valence-corrected chi connectivity index (χ0v) is 12.0.